The predicted octanol–water partition coefficient (Wildman–Crippen LogP) is 3.86. The van der Waals surface area contributed by atoms with Crippen molar-refractivity contribution >= 4 is 5.78 Å². The molecule has 1 rings (SSSR count). The van der Waals surface area contributed by atoms with Crippen molar-refractivity contribution < 1.29 is 18.0 Å². The van der Waals surface area contributed by atoms with E-state index in [4.69, 9.17) is 6.42 Å². The number of terminal acetylenes is 1. The van der Waals surface area contributed by atoms with Crippen LogP contribution in [0.25, 0.3) is 0 Å². The zero-order valence-corrected chi connectivity index (χ0v) is 9.50. The van der Waals surface area contributed by atoms with Crippen molar-refractivity contribution in [3.8, 4) is 12.3 Å². The topological polar surface area (TPSA) is 17.1 Å². The molecule has 0 aliphatic heterocycles. The Morgan fingerprint density at radius 1 is 1.28 bits per heavy atom. The molecule has 1 aromatic rings. The molecule has 18 heavy (non-hydrogen) atoms. The summed E-state index contributed by atoms with van der Waals surface area (Å²) in [4.78, 5) is 11.5. The van der Waals surface area contributed by atoms with E-state index >= 15 is 0 Å². The predicted molar refractivity (Wildman–Crippen MR) is 63.0 cm³/mol. The Morgan fingerprint density at radius 3 is 2.39 bits per heavy atom. The van der Waals surface area contributed by atoms with Gasteiger partial charge < -0.3 is 0 Å². The first-order chi connectivity index (χ1) is 8.45. The number of carbonyl (C=O) groups excluding carboxylic acids is 1. The normalized spacial score (nSPS) is 11.4. The van der Waals surface area contributed by atoms with E-state index in [0.29, 0.717) is 12.8 Å². The first-order valence-corrected chi connectivity index (χ1v) is 5.26. The largest absolute Gasteiger partial charge is 0.416 e. The summed E-state index contributed by atoms with van der Waals surface area (Å²) >= 11 is 0. The van der Waals surface area contributed by atoms with Crippen molar-refractivity contribution in [1.29, 1.82) is 0 Å². The van der Waals surface area contributed by atoms with Gasteiger partial charge in [-0.1, -0.05) is 18.2 Å². The number of hydrogen-bond donors (Lipinski definition) is 0. The molecule has 4 heteroatoms. The van der Waals surface area contributed by atoms with Crippen LogP contribution in [0.5, 0.6) is 0 Å². The van der Waals surface area contributed by atoms with E-state index in [-0.39, 0.29) is 11.3 Å². The second-order valence-corrected chi connectivity index (χ2v) is 3.58. The summed E-state index contributed by atoms with van der Waals surface area (Å²) in [6, 6.07) is 4.11. The summed E-state index contributed by atoms with van der Waals surface area (Å²) in [6.07, 6.45) is 4.68. The molecular formula is C14H11F3O. The highest BCUT2D eigenvalue weighted by Gasteiger charge is 2.30. The third kappa shape index (κ3) is 4.10. The fourth-order valence-corrected chi connectivity index (χ4v) is 1.28. The lowest BCUT2D eigenvalue weighted by molar-refractivity contribution is -0.137. The zero-order chi connectivity index (χ0) is 13.6. The highest BCUT2D eigenvalue weighted by molar-refractivity contribution is 6.04. The first-order valence-electron chi connectivity index (χ1n) is 5.26. The Balaban J connectivity index is 2.71. The van der Waals surface area contributed by atoms with E-state index in [2.05, 4.69) is 5.92 Å². The van der Waals surface area contributed by atoms with Crippen LogP contribution in [0.3, 0.4) is 0 Å². The maximum Gasteiger partial charge on any atom is 0.416 e. The smallest absolute Gasteiger partial charge is 0.289 e. The van der Waals surface area contributed by atoms with Gasteiger partial charge in [0.1, 0.15) is 0 Å². The Morgan fingerprint density at radius 2 is 1.89 bits per heavy atom. The van der Waals surface area contributed by atoms with E-state index in [1.165, 1.54) is 6.08 Å². The van der Waals surface area contributed by atoms with E-state index in [1.807, 2.05) is 0 Å². The van der Waals surface area contributed by atoms with Gasteiger partial charge in [0.2, 0.25) is 0 Å². The van der Waals surface area contributed by atoms with Gasteiger partial charge in [-0.05, 0) is 24.6 Å². The Labute approximate surface area is 103 Å². The Bertz CT molecular complexity index is 475. The molecule has 0 fully saturated rings. The maximum atomic E-state index is 12.3. The molecule has 0 saturated carbocycles. The van der Waals surface area contributed by atoms with Gasteiger partial charge in [0, 0.05) is 12.0 Å². The Hall–Kier alpha value is -2.02. The molecule has 0 aliphatic carbocycles. The molecule has 0 heterocycles. The Kier molecular flexibility index (Phi) is 4.73. The second kappa shape index (κ2) is 6.06. The van der Waals surface area contributed by atoms with Crippen LogP contribution >= 0.6 is 0 Å². The summed E-state index contributed by atoms with van der Waals surface area (Å²) in [7, 11) is 0. The van der Waals surface area contributed by atoms with Crippen molar-refractivity contribution in [2.24, 2.45) is 0 Å². The second-order valence-electron chi connectivity index (χ2n) is 3.58. The van der Waals surface area contributed by atoms with Crippen LogP contribution in [0.4, 0.5) is 13.2 Å². The average Bonchev–Trinajstić information content (AvgIpc) is 2.33. The summed E-state index contributed by atoms with van der Waals surface area (Å²) < 4.78 is 36.9. The first kappa shape index (κ1) is 14.0. The van der Waals surface area contributed by atoms with Gasteiger partial charge in [0.05, 0.1) is 5.56 Å². The molecule has 0 bridgehead atoms. The van der Waals surface area contributed by atoms with Crippen LogP contribution in [-0.4, -0.2) is 5.78 Å². The van der Waals surface area contributed by atoms with Gasteiger partial charge in [-0.15, -0.1) is 12.3 Å². The molecule has 0 amide bonds. The lowest BCUT2D eigenvalue weighted by Crippen LogP contribution is -2.05. The molecule has 0 saturated heterocycles. The van der Waals surface area contributed by atoms with Crippen LogP contribution in [-0.2, 0) is 6.18 Å². The molecule has 1 nitrogen and oxygen atoms in total. The van der Waals surface area contributed by atoms with Gasteiger partial charge >= 0.3 is 6.18 Å². The molecule has 94 valence electrons. The molecule has 0 aromatic heterocycles. The molecular weight excluding hydrogens is 241 g/mol. The molecule has 1 aromatic carbocycles. The van der Waals surface area contributed by atoms with E-state index in [0.717, 1.165) is 24.3 Å². The van der Waals surface area contributed by atoms with Crippen LogP contribution in [0.15, 0.2) is 36.4 Å². The van der Waals surface area contributed by atoms with Crippen molar-refractivity contribution in [2.45, 2.75) is 19.0 Å². The molecule has 0 unspecified atom stereocenters. The van der Waals surface area contributed by atoms with E-state index in [9.17, 15) is 18.0 Å². The maximum absolute atomic E-state index is 12.3. The number of carbonyl (C=O) groups is 1. The standard InChI is InChI=1S/C14H11F3O/c1-2-3-4-5-6-13(18)11-7-9-12(10-8-11)14(15,16)17/h1,5-10H,3-4H2/b6-5+. The molecule has 0 radical (unpaired) electrons. The van der Waals surface area contributed by atoms with Crippen molar-refractivity contribution in [1.82, 2.24) is 0 Å². The van der Waals surface area contributed by atoms with Crippen molar-refractivity contribution in [3.63, 3.8) is 0 Å². The highest BCUT2D eigenvalue weighted by atomic mass is 19.4. The van der Waals surface area contributed by atoms with Crippen LogP contribution in [0.2, 0.25) is 0 Å². The van der Waals surface area contributed by atoms with Crippen molar-refractivity contribution in [3.05, 3.63) is 47.5 Å². The number of alkyl halides is 3. The number of ketones is 1. The van der Waals surface area contributed by atoms with Crippen LogP contribution < -0.4 is 0 Å². The molecule has 0 aliphatic rings. The number of halogens is 3. The number of benzene rings is 1. The number of rotatable bonds is 4. The summed E-state index contributed by atoms with van der Waals surface area (Å²) in [5, 5.41) is 0. The van der Waals surface area contributed by atoms with Gasteiger partial charge in [0.15, 0.2) is 5.78 Å². The van der Waals surface area contributed by atoms with E-state index in [1.54, 1.807) is 6.08 Å². The minimum atomic E-state index is -4.38. The number of unbranched alkanes of at least 4 members (excludes halogenated alkanes) is 1. The molecule has 0 atom stereocenters. The van der Waals surface area contributed by atoms with Gasteiger partial charge in [-0.25, -0.2) is 0 Å². The van der Waals surface area contributed by atoms with Crippen molar-refractivity contribution in [2.75, 3.05) is 0 Å². The summed E-state index contributed by atoms with van der Waals surface area (Å²) in [5.41, 5.74) is -0.546. The fraction of sp³-hybridized carbons (Fsp3) is 0.214. The third-order valence-corrected chi connectivity index (χ3v) is 2.22. The lowest BCUT2D eigenvalue weighted by atomic mass is 10.1. The summed E-state index contributed by atoms with van der Waals surface area (Å²) in [5.74, 6) is 2.09. The SMILES string of the molecule is C#CCC/C=C/C(=O)c1ccc(C(F)(F)F)cc1. The zero-order valence-electron chi connectivity index (χ0n) is 9.50. The van der Waals surface area contributed by atoms with Gasteiger partial charge in [0.25, 0.3) is 0 Å². The minimum Gasteiger partial charge on any atom is -0.289 e. The minimum absolute atomic E-state index is 0.222. The van der Waals surface area contributed by atoms with E-state index < -0.39 is 11.7 Å². The molecule has 0 N–H and O–H groups in total. The number of hydrogen-bond acceptors (Lipinski definition) is 1. The van der Waals surface area contributed by atoms with Crippen LogP contribution in [0, 0.1) is 12.3 Å². The number of allylic oxidation sites excluding steroid dienone is 2. The average molecular weight is 252 g/mol. The lowest BCUT2D eigenvalue weighted by Gasteiger charge is -2.06. The highest BCUT2D eigenvalue weighted by Crippen LogP contribution is 2.29. The third-order valence-electron chi connectivity index (χ3n) is 2.22. The quantitative estimate of drug-likeness (QED) is 0.344. The van der Waals surface area contributed by atoms with Gasteiger partial charge in [-0.3, -0.25) is 4.79 Å². The van der Waals surface area contributed by atoms with Crippen LogP contribution in [0.1, 0.15) is 28.8 Å². The molecule has 0 spiro atoms. The summed E-state index contributed by atoms with van der Waals surface area (Å²) in [6.45, 7) is 0. The van der Waals surface area contributed by atoms with Gasteiger partial charge in [-0.2, -0.15) is 13.2 Å². The fourth-order valence-electron chi connectivity index (χ4n) is 1.28. The monoisotopic (exact) mass is 252 g/mol.